The van der Waals surface area contributed by atoms with E-state index < -0.39 is 0 Å². The van der Waals surface area contributed by atoms with Crippen molar-refractivity contribution in [3.8, 4) is 0 Å². The number of aromatic nitrogens is 1. The number of rotatable bonds is 6. The highest BCUT2D eigenvalue weighted by Gasteiger charge is 2.18. The molecule has 0 radical (unpaired) electrons. The summed E-state index contributed by atoms with van der Waals surface area (Å²) >= 11 is 3.60. The fraction of sp³-hybridized carbons (Fsp3) is 0.562. The molecule has 2 aromatic heterocycles. The zero-order valence-corrected chi connectivity index (χ0v) is 14.4. The van der Waals surface area contributed by atoms with E-state index in [4.69, 9.17) is 4.98 Å². The third-order valence-corrected chi connectivity index (χ3v) is 5.12. The Kier molecular flexibility index (Phi) is 5.35. The normalized spacial score (nSPS) is 13.6. The Bertz CT molecular complexity index is 509. The molecule has 20 heavy (non-hydrogen) atoms. The van der Waals surface area contributed by atoms with Crippen LogP contribution in [-0.4, -0.2) is 4.98 Å². The van der Waals surface area contributed by atoms with Crippen molar-refractivity contribution in [1.82, 2.24) is 10.3 Å². The number of thiazole rings is 1. The second-order valence-electron chi connectivity index (χ2n) is 6.11. The molecular weight excluding hydrogens is 284 g/mol. The zero-order chi connectivity index (χ0) is 14.6. The summed E-state index contributed by atoms with van der Waals surface area (Å²) in [6, 6.07) is 4.81. The van der Waals surface area contributed by atoms with Crippen molar-refractivity contribution in [3.63, 3.8) is 0 Å². The molecule has 0 fully saturated rings. The lowest BCUT2D eigenvalue weighted by Crippen LogP contribution is -2.20. The van der Waals surface area contributed by atoms with Crippen LogP contribution in [-0.2, 0) is 12.0 Å². The molecule has 2 rings (SSSR count). The molecule has 1 unspecified atom stereocenters. The van der Waals surface area contributed by atoms with Gasteiger partial charge >= 0.3 is 0 Å². The summed E-state index contributed by atoms with van der Waals surface area (Å²) in [6.07, 6.45) is 2.37. The van der Waals surface area contributed by atoms with Crippen LogP contribution in [0.5, 0.6) is 0 Å². The van der Waals surface area contributed by atoms with Crippen LogP contribution in [0.4, 0.5) is 0 Å². The minimum atomic E-state index is 0.144. The molecule has 4 heteroatoms. The maximum Gasteiger partial charge on any atom is 0.107 e. The predicted octanol–water partition coefficient (Wildman–Crippen LogP) is 5.13. The lowest BCUT2D eigenvalue weighted by atomic mass is 9.93. The Labute approximate surface area is 130 Å². The SMILES string of the molecule is CCCC(NCc1nc(C(C)(C)C)cs1)c1cccs1. The topological polar surface area (TPSA) is 24.9 Å². The van der Waals surface area contributed by atoms with Crippen molar-refractivity contribution in [1.29, 1.82) is 0 Å². The van der Waals surface area contributed by atoms with E-state index in [1.54, 1.807) is 11.3 Å². The first kappa shape index (κ1) is 15.7. The van der Waals surface area contributed by atoms with Gasteiger partial charge in [0.2, 0.25) is 0 Å². The first-order chi connectivity index (χ1) is 9.50. The van der Waals surface area contributed by atoms with Gasteiger partial charge in [-0.25, -0.2) is 4.98 Å². The van der Waals surface area contributed by atoms with Gasteiger partial charge in [0, 0.05) is 28.3 Å². The summed E-state index contributed by atoms with van der Waals surface area (Å²) in [5.74, 6) is 0. The van der Waals surface area contributed by atoms with E-state index in [0.717, 1.165) is 6.54 Å². The molecule has 0 bridgehead atoms. The molecule has 2 aromatic rings. The van der Waals surface area contributed by atoms with Crippen molar-refractivity contribution in [2.45, 2.75) is 58.5 Å². The molecule has 0 saturated carbocycles. The van der Waals surface area contributed by atoms with Crippen LogP contribution < -0.4 is 5.32 Å². The van der Waals surface area contributed by atoms with Crippen molar-refractivity contribution in [2.75, 3.05) is 0 Å². The molecule has 2 nitrogen and oxygen atoms in total. The highest BCUT2D eigenvalue weighted by molar-refractivity contribution is 7.10. The minimum Gasteiger partial charge on any atom is -0.303 e. The Hall–Kier alpha value is -0.710. The van der Waals surface area contributed by atoms with E-state index >= 15 is 0 Å². The van der Waals surface area contributed by atoms with Gasteiger partial charge in [0.05, 0.1) is 5.69 Å². The van der Waals surface area contributed by atoms with Crippen LogP contribution in [0.2, 0.25) is 0 Å². The number of nitrogens with zero attached hydrogens (tertiary/aromatic N) is 1. The third kappa shape index (κ3) is 4.14. The van der Waals surface area contributed by atoms with Gasteiger partial charge in [-0.2, -0.15) is 0 Å². The maximum atomic E-state index is 4.75. The van der Waals surface area contributed by atoms with Crippen LogP contribution in [0, 0.1) is 0 Å². The second-order valence-corrected chi connectivity index (χ2v) is 8.04. The van der Waals surface area contributed by atoms with Crippen LogP contribution in [0.25, 0.3) is 0 Å². The summed E-state index contributed by atoms with van der Waals surface area (Å²) < 4.78 is 0. The first-order valence-electron chi connectivity index (χ1n) is 7.22. The van der Waals surface area contributed by atoms with Crippen LogP contribution in [0.15, 0.2) is 22.9 Å². The Morgan fingerprint density at radius 3 is 2.65 bits per heavy atom. The Morgan fingerprint density at radius 1 is 1.30 bits per heavy atom. The third-order valence-electron chi connectivity index (χ3n) is 3.28. The van der Waals surface area contributed by atoms with E-state index in [9.17, 15) is 0 Å². The molecule has 1 atom stereocenters. The Balaban J connectivity index is 1.97. The smallest absolute Gasteiger partial charge is 0.107 e. The highest BCUT2D eigenvalue weighted by Crippen LogP contribution is 2.26. The fourth-order valence-electron chi connectivity index (χ4n) is 2.07. The second kappa shape index (κ2) is 6.83. The molecule has 0 saturated heterocycles. The van der Waals surface area contributed by atoms with Crippen molar-refractivity contribution >= 4 is 22.7 Å². The summed E-state index contributed by atoms with van der Waals surface area (Å²) in [5.41, 5.74) is 1.34. The number of hydrogen-bond acceptors (Lipinski definition) is 4. The molecule has 0 spiro atoms. The van der Waals surface area contributed by atoms with E-state index in [1.165, 1.54) is 28.4 Å². The molecule has 110 valence electrons. The quantitative estimate of drug-likeness (QED) is 0.800. The van der Waals surface area contributed by atoms with Crippen molar-refractivity contribution in [2.24, 2.45) is 0 Å². The van der Waals surface area contributed by atoms with Gasteiger partial charge in [0.25, 0.3) is 0 Å². The molecule has 2 heterocycles. The molecule has 0 aliphatic heterocycles. The number of hydrogen-bond donors (Lipinski definition) is 1. The monoisotopic (exact) mass is 308 g/mol. The highest BCUT2D eigenvalue weighted by atomic mass is 32.1. The van der Waals surface area contributed by atoms with E-state index in [0.29, 0.717) is 6.04 Å². The zero-order valence-electron chi connectivity index (χ0n) is 12.8. The van der Waals surface area contributed by atoms with Gasteiger partial charge in [-0.05, 0) is 17.9 Å². The van der Waals surface area contributed by atoms with Gasteiger partial charge in [0.1, 0.15) is 5.01 Å². The molecular formula is C16H24N2S2. The van der Waals surface area contributed by atoms with E-state index in [-0.39, 0.29) is 5.41 Å². The van der Waals surface area contributed by atoms with Gasteiger partial charge < -0.3 is 5.32 Å². The van der Waals surface area contributed by atoms with Crippen LogP contribution in [0.3, 0.4) is 0 Å². The minimum absolute atomic E-state index is 0.144. The number of thiophene rings is 1. The summed E-state index contributed by atoms with van der Waals surface area (Å²) in [7, 11) is 0. The molecule has 0 amide bonds. The van der Waals surface area contributed by atoms with E-state index in [2.05, 4.69) is 55.9 Å². The van der Waals surface area contributed by atoms with Gasteiger partial charge in [-0.15, -0.1) is 22.7 Å². The summed E-state index contributed by atoms with van der Waals surface area (Å²) in [4.78, 5) is 6.18. The predicted molar refractivity (Wildman–Crippen MR) is 89.6 cm³/mol. The average molecular weight is 309 g/mol. The average Bonchev–Trinajstić information content (AvgIpc) is 3.04. The van der Waals surface area contributed by atoms with E-state index in [1.807, 2.05) is 11.3 Å². The standard InChI is InChI=1S/C16H24N2S2/c1-5-7-12(13-8-6-9-19-13)17-10-15-18-14(11-20-15)16(2,3)4/h6,8-9,11-12,17H,5,7,10H2,1-4H3. The fourth-order valence-corrected chi connectivity index (χ4v) is 3.88. The molecule has 1 N–H and O–H groups in total. The Morgan fingerprint density at radius 2 is 2.10 bits per heavy atom. The summed E-state index contributed by atoms with van der Waals surface area (Å²) in [5, 5.41) is 9.20. The van der Waals surface area contributed by atoms with Crippen molar-refractivity contribution in [3.05, 3.63) is 38.5 Å². The molecule has 0 aliphatic rings. The number of nitrogens with one attached hydrogen (secondary N) is 1. The summed E-state index contributed by atoms with van der Waals surface area (Å²) in [6.45, 7) is 9.74. The lowest BCUT2D eigenvalue weighted by Gasteiger charge is -2.16. The van der Waals surface area contributed by atoms with Crippen LogP contribution >= 0.6 is 22.7 Å². The maximum absolute atomic E-state index is 4.75. The van der Waals surface area contributed by atoms with Crippen molar-refractivity contribution < 1.29 is 0 Å². The lowest BCUT2D eigenvalue weighted by molar-refractivity contribution is 0.497. The molecule has 0 aliphatic carbocycles. The van der Waals surface area contributed by atoms with Crippen LogP contribution in [0.1, 0.15) is 62.2 Å². The van der Waals surface area contributed by atoms with Gasteiger partial charge in [0.15, 0.2) is 0 Å². The first-order valence-corrected chi connectivity index (χ1v) is 8.98. The molecule has 0 aromatic carbocycles. The van der Waals surface area contributed by atoms with Gasteiger partial charge in [-0.1, -0.05) is 40.2 Å². The van der Waals surface area contributed by atoms with Gasteiger partial charge in [-0.3, -0.25) is 0 Å². The largest absolute Gasteiger partial charge is 0.303 e.